The summed E-state index contributed by atoms with van der Waals surface area (Å²) in [6.07, 6.45) is -1.12. The lowest BCUT2D eigenvalue weighted by Crippen LogP contribution is -2.71. The zero-order chi connectivity index (χ0) is 34.0. The zero-order valence-electron chi connectivity index (χ0n) is 23.9. The zero-order valence-corrected chi connectivity index (χ0v) is 26.2. The van der Waals surface area contributed by atoms with Crippen LogP contribution in [0.4, 0.5) is 15.6 Å². The monoisotopic (exact) mass is 701 g/mol. The van der Waals surface area contributed by atoms with Gasteiger partial charge in [0, 0.05) is 17.5 Å². The lowest BCUT2D eigenvalue weighted by atomic mass is 9.99. The number of nitrogens with one attached hydrogen (secondary N) is 4. The third-order valence-corrected chi connectivity index (χ3v) is 7.00. The fraction of sp³-hybridized carbons (Fsp3) is 0.360. The van der Waals surface area contributed by atoms with E-state index in [1.807, 2.05) is 5.32 Å². The summed E-state index contributed by atoms with van der Waals surface area (Å²) in [5, 5.41) is 25.1. The highest BCUT2D eigenvalue weighted by Crippen LogP contribution is 2.20. The first-order valence-electron chi connectivity index (χ1n) is 12.9. The Kier molecular flexibility index (Phi) is 12.3. The van der Waals surface area contributed by atoms with Gasteiger partial charge >= 0.3 is 12.1 Å². The molecular weight excluding hydrogens is 677 g/mol. The second-order valence-electron chi connectivity index (χ2n) is 9.61. The number of esters is 1. The number of rotatable bonds is 14. The van der Waals surface area contributed by atoms with Crippen molar-refractivity contribution in [1.29, 1.82) is 0 Å². The molecule has 5 amide bonds. The number of carbonyl (C=O) groups excluding carboxylic acids is 6. The molecule has 3 rings (SSSR count). The van der Waals surface area contributed by atoms with Crippen LogP contribution in [-0.4, -0.2) is 87.4 Å². The quantitative estimate of drug-likeness (QED) is 0.0537. The number of nitrogens with zero attached hydrogens (tertiary/aromatic N) is 3. The van der Waals surface area contributed by atoms with Gasteiger partial charge in [-0.25, -0.2) is 14.6 Å². The van der Waals surface area contributed by atoms with Gasteiger partial charge in [0.1, 0.15) is 36.7 Å². The maximum absolute atomic E-state index is 13.3. The normalized spacial score (nSPS) is 15.8. The highest BCUT2D eigenvalue weighted by atomic mass is 35.5. The molecule has 21 heteroatoms. The number of halogens is 2. The average molecular weight is 702 g/mol. The van der Waals surface area contributed by atoms with E-state index in [4.69, 9.17) is 37.5 Å². The van der Waals surface area contributed by atoms with Gasteiger partial charge in [0.2, 0.25) is 23.3 Å². The summed E-state index contributed by atoms with van der Waals surface area (Å²) < 4.78 is 10.1. The molecular formula is C25H25Cl2N7O11S. The molecule has 2 aromatic rings. The molecule has 246 valence electrons. The Bertz CT molecular complexity index is 1550. The third-order valence-electron chi connectivity index (χ3n) is 5.76. The molecule has 1 saturated heterocycles. The molecule has 1 aromatic heterocycles. The van der Waals surface area contributed by atoms with Crippen molar-refractivity contribution in [2.45, 2.75) is 38.1 Å². The van der Waals surface area contributed by atoms with Crippen molar-refractivity contribution < 1.29 is 48.0 Å². The number of aromatic nitrogens is 1. The number of ether oxygens (including phenoxy) is 2. The van der Waals surface area contributed by atoms with Crippen LogP contribution in [-0.2, 0) is 44.9 Å². The van der Waals surface area contributed by atoms with Gasteiger partial charge in [0.05, 0.1) is 11.0 Å². The number of β-lactam (4-membered cyclic amide) rings is 1. The molecule has 1 aliphatic rings. The van der Waals surface area contributed by atoms with Gasteiger partial charge in [0.15, 0.2) is 10.8 Å². The molecule has 18 nitrogen and oxygen atoms in total. The molecule has 0 radical (unpaired) electrons. The van der Waals surface area contributed by atoms with Gasteiger partial charge in [-0.05, 0) is 31.5 Å². The van der Waals surface area contributed by atoms with Gasteiger partial charge in [-0.3, -0.25) is 34.6 Å². The van der Waals surface area contributed by atoms with E-state index >= 15 is 0 Å². The highest BCUT2D eigenvalue weighted by molar-refractivity contribution is 7.14. The number of hydrogen-bond donors (Lipinski definition) is 4. The van der Waals surface area contributed by atoms with Crippen molar-refractivity contribution in [3.63, 3.8) is 0 Å². The van der Waals surface area contributed by atoms with E-state index < -0.39 is 76.5 Å². The predicted octanol–water partition coefficient (Wildman–Crippen LogP) is 0.946. The van der Waals surface area contributed by atoms with E-state index in [0.29, 0.717) is 5.56 Å². The molecule has 1 aliphatic heterocycles. The molecule has 2 heterocycles. The summed E-state index contributed by atoms with van der Waals surface area (Å²) in [6.45, 7) is 1.91. The molecule has 0 unspecified atom stereocenters. The Morgan fingerprint density at radius 3 is 2.39 bits per heavy atom. The number of thiazole rings is 1. The largest absolute Gasteiger partial charge is 0.458 e. The van der Waals surface area contributed by atoms with Crippen LogP contribution in [0, 0.1) is 10.1 Å². The molecule has 4 N–H and O–H groups in total. The van der Waals surface area contributed by atoms with Gasteiger partial charge in [0.25, 0.3) is 11.6 Å². The number of benzene rings is 1. The van der Waals surface area contributed by atoms with Gasteiger partial charge in [-0.2, -0.15) is 0 Å². The number of oxime groups is 1. The van der Waals surface area contributed by atoms with Crippen LogP contribution < -0.4 is 21.3 Å². The first-order valence-corrected chi connectivity index (χ1v) is 14.8. The number of alkyl halides is 2. The Morgan fingerprint density at radius 2 is 1.78 bits per heavy atom. The Labute approximate surface area is 273 Å². The number of hydrogen-bond acceptors (Lipinski definition) is 14. The first kappa shape index (κ1) is 35.6. The summed E-state index contributed by atoms with van der Waals surface area (Å²) in [5.41, 5.74) is -2.10. The van der Waals surface area contributed by atoms with E-state index in [2.05, 4.69) is 26.1 Å². The van der Waals surface area contributed by atoms with E-state index in [9.17, 15) is 38.9 Å². The van der Waals surface area contributed by atoms with Crippen LogP contribution in [0.15, 0.2) is 34.8 Å². The SMILES string of the molecule is CC(C)(O/N=C(\C(=O)N[C@@H]1C(=O)N[C@@H]1COC(=O)NC(=O)CCl)c1csc(NC(=O)CCl)n1)C(=O)OCc1ccc([N+](=O)[O-])cc1. The van der Waals surface area contributed by atoms with Crippen LogP contribution in [0.3, 0.4) is 0 Å². The maximum atomic E-state index is 13.3. The molecule has 2 atom stereocenters. The number of imide groups is 1. The Morgan fingerprint density at radius 1 is 1.11 bits per heavy atom. The average Bonchev–Trinajstić information content (AvgIpc) is 3.48. The maximum Gasteiger partial charge on any atom is 0.413 e. The summed E-state index contributed by atoms with van der Waals surface area (Å²) in [5.74, 6) is -4.79. The van der Waals surface area contributed by atoms with E-state index in [1.54, 1.807) is 0 Å². The fourth-order valence-corrected chi connectivity index (χ4v) is 4.18. The number of alkyl carbamates (subject to hydrolysis) is 1. The van der Waals surface area contributed by atoms with Crippen molar-refractivity contribution in [3.8, 4) is 0 Å². The van der Waals surface area contributed by atoms with Crippen molar-refractivity contribution in [2.75, 3.05) is 23.7 Å². The van der Waals surface area contributed by atoms with Gasteiger partial charge in [-0.1, -0.05) is 5.16 Å². The van der Waals surface area contributed by atoms with E-state index in [1.165, 1.54) is 43.5 Å². The van der Waals surface area contributed by atoms with Crippen molar-refractivity contribution in [2.24, 2.45) is 5.16 Å². The number of carbonyl (C=O) groups is 6. The fourth-order valence-electron chi connectivity index (χ4n) is 3.34. The summed E-state index contributed by atoms with van der Waals surface area (Å²) >= 11 is 11.7. The van der Waals surface area contributed by atoms with Gasteiger partial charge < -0.3 is 30.3 Å². The van der Waals surface area contributed by atoms with Crippen LogP contribution in [0.5, 0.6) is 0 Å². The van der Waals surface area contributed by atoms with E-state index in [-0.39, 0.29) is 29.0 Å². The minimum Gasteiger partial charge on any atom is -0.458 e. The van der Waals surface area contributed by atoms with Crippen molar-refractivity contribution >= 4 is 86.8 Å². The smallest absolute Gasteiger partial charge is 0.413 e. The first-order chi connectivity index (χ1) is 21.7. The standard InChI is InChI=1S/C25H25Cl2N7O11S/c1-25(2,22(39)43-9-12-3-5-13(6-4-12)34(41)42)45-33-19(15-11-46-23(29-15)30-16(35)7-26)21(38)32-18-14(28-20(18)37)10-44-24(40)31-17(36)8-27/h3-6,11,14,18H,7-10H2,1-2H3,(H,28,37)(H,32,38)(H,29,30,35)(H,31,36,40)/b33-19-/t14-,18+/m1/s1. The highest BCUT2D eigenvalue weighted by Gasteiger charge is 2.42. The summed E-state index contributed by atoms with van der Waals surface area (Å²) in [6, 6.07) is 3.19. The predicted molar refractivity (Wildman–Crippen MR) is 160 cm³/mol. The molecule has 0 saturated carbocycles. The molecule has 1 aromatic carbocycles. The number of non-ortho nitro benzene ring substituents is 1. The lowest BCUT2D eigenvalue weighted by molar-refractivity contribution is -0.384. The molecule has 1 fully saturated rings. The van der Waals surface area contributed by atoms with E-state index in [0.717, 1.165) is 11.3 Å². The van der Waals surface area contributed by atoms with Crippen LogP contribution in [0.2, 0.25) is 0 Å². The molecule has 0 spiro atoms. The van der Waals surface area contributed by atoms with Crippen LogP contribution in [0.25, 0.3) is 0 Å². The van der Waals surface area contributed by atoms with Crippen molar-refractivity contribution in [1.82, 2.24) is 20.9 Å². The number of anilines is 1. The van der Waals surface area contributed by atoms with Crippen LogP contribution in [0.1, 0.15) is 25.1 Å². The molecule has 0 aliphatic carbocycles. The number of nitro groups is 1. The molecule has 0 bridgehead atoms. The minimum absolute atomic E-state index is 0.0492. The van der Waals surface area contributed by atoms with Gasteiger partial charge in [-0.15, -0.1) is 34.5 Å². The van der Waals surface area contributed by atoms with Crippen molar-refractivity contribution in [3.05, 3.63) is 51.0 Å². The Hall–Kier alpha value is -4.88. The minimum atomic E-state index is -1.78. The lowest BCUT2D eigenvalue weighted by Gasteiger charge is -2.36. The molecule has 46 heavy (non-hydrogen) atoms. The Balaban J connectivity index is 1.74. The third kappa shape index (κ3) is 9.81. The topological polar surface area (TPSA) is 247 Å². The summed E-state index contributed by atoms with van der Waals surface area (Å²) in [4.78, 5) is 92.7. The second kappa shape index (κ2) is 15.9. The summed E-state index contributed by atoms with van der Waals surface area (Å²) in [7, 11) is 0. The number of nitro benzene ring substituents is 1. The van der Waals surface area contributed by atoms with Crippen LogP contribution >= 0.6 is 34.5 Å². The second-order valence-corrected chi connectivity index (χ2v) is 11.0. The number of amides is 5.